The Morgan fingerprint density at radius 3 is 2.42 bits per heavy atom. The normalized spacial score (nSPS) is 23.0. The molecule has 0 spiro atoms. The highest BCUT2D eigenvalue weighted by molar-refractivity contribution is 5.80. The van der Waals surface area contributed by atoms with Gasteiger partial charge in [0.1, 0.15) is 17.9 Å². The number of hydrogen-bond donors (Lipinski definition) is 2. The molecule has 0 radical (unpaired) electrons. The topological polar surface area (TPSA) is 123 Å². The van der Waals surface area contributed by atoms with E-state index in [2.05, 4.69) is 35.9 Å². The molecule has 6 rings (SSSR count). The van der Waals surface area contributed by atoms with Gasteiger partial charge in [-0.15, -0.1) is 0 Å². The Labute approximate surface area is 262 Å². The Balaban J connectivity index is 1.11. The number of ether oxygens (including phenoxy) is 2. The number of halogens is 1. The molecule has 0 bridgehead atoms. The lowest BCUT2D eigenvalue weighted by Crippen LogP contribution is -2.68. The lowest BCUT2D eigenvalue weighted by molar-refractivity contribution is -0.175. The Morgan fingerprint density at radius 1 is 1.11 bits per heavy atom. The van der Waals surface area contributed by atoms with Crippen molar-refractivity contribution in [3.05, 3.63) is 82.7 Å². The van der Waals surface area contributed by atoms with Crippen LogP contribution >= 0.6 is 0 Å². The molecule has 11 heteroatoms. The van der Waals surface area contributed by atoms with Crippen molar-refractivity contribution >= 4 is 11.6 Å². The Bertz CT molecular complexity index is 1550. The number of nitrogen functional groups attached to an aromatic ring is 1. The van der Waals surface area contributed by atoms with Gasteiger partial charge in [-0.1, -0.05) is 44.2 Å². The van der Waals surface area contributed by atoms with E-state index >= 15 is 0 Å². The van der Waals surface area contributed by atoms with E-state index in [0.29, 0.717) is 37.6 Å². The molecule has 3 fully saturated rings. The van der Waals surface area contributed by atoms with Gasteiger partial charge in [0, 0.05) is 31.5 Å². The van der Waals surface area contributed by atoms with Gasteiger partial charge < -0.3 is 25.2 Å². The fraction of sp³-hybridized carbons (Fsp3) is 0.500. The van der Waals surface area contributed by atoms with Crippen LogP contribution in [0.25, 0.3) is 0 Å². The first-order chi connectivity index (χ1) is 21.6. The standard InChI is InChI=1S/C34H42FN5O5/c1-23(2)34(20-44-21-34)40-15-12-27(28(18-40)24-6-4-3-5-7-24)31(41)38-16-13-33(43,14-17-38)19-39-22-37-30(29(36)32(39)42)45-26-10-8-25(35)9-11-26/h3-11,22-23,27-28,43H,12-21,36H2,1-2H3/t27-,28+/m1/s1. The second kappa shape index (κ2) is 12.5. The number of nitrogens with zero attached hydrogens (tertiary/aromatic N) is 4. The van der Waals surface area contributed by atoms with E-state index in [-0.39, 0.29) is 41.4 Å². The summed E-state index contributed by atoms with van der Waals surface area (Å²) in [5, 5.41) is 11.5. The molecule has 3 saturated heterocycles. The van der Waals surface area contributed by atoms with Crippen molar-refractivity contribution < 1.29 is 23.8 Å². The Hall–Kier alpha value is -3.80. The van der Waals surface area contributed by atoms with Gasteiger partial charge in [0.25, 0.3) is 5.56 Å². The molecule has 3 aliphatic rings. The van der Waals surface area contributed by atoms with E-state index in [9.17, 15) is 19.1 Å². The zero-order valence-corrected chi connectivity index (χ0v) is 25.9. The summed E-state index contributed by atoms with van der Waals surface area (Å²) in [4.78, 5) is 35.7. The number of aromatic nitrogens is 2. The fourth-order valence-electron chi connectivity index (χ4n) is 7.03. The monoisotopic (exact) mass is 619 g/mol. The summed E-state index contributed by atoms with van der Waals surface area (Å²) in [5.74, 6) is 0.275. The molecule has 2 atom stereocenters. The third-order valence-electron chi connectivity index (χ3n) is 10.1. The molecular formula is C34H42FN5O5. The van der Waals surface area contributed by atoms with E-state index in [0.717, 1.165) is 32.7 Å². The summed E-state index contributed by atoms with van der Waals surface area (Å²) in [7, 11) is 0. The molecule has 3 aliphatic heterocycles. The number of likely N-dealkylation sites (tertiary alicyclic amines) is 2. The van der Waals surface area contributed by atoms with Crippen LogP contribution in [0.1, 0.15) is 44.6 Å². The Morgan fingerprint density at radius 2 is 1.80 bits per heavy atom. The van der Waals surface area contributed by atoms with Crippen LogP contribution in [0.15, 0.2) is 65.7 Å². The van der Waals surface area contributed by atoms with Crippen LogP contribution in [-0.2, 0) is 16.1 Å². The van der Waals surface area contributed by atoms with E-state index in [1.54, 1.807) is 0 Å². The van der Waals surface area contributed by atoms with E-state index in [1.165, 1.54) is 40.7 Å². The van der Waals surface area contributed by atoms with Crippen LogP contribution < -0.4 is 16.0 Å². The minimum absolute atomic E-state index is 0.00766. The van der Waals surface area contributed by atoms with Crippen LogP contribution in [0.2, 0.25) is 0 Å². The van der Waals surface area contributed by atoms with E-state index in [1.807, 2.05) is 23.1 Å². The van der Waals surface area contributed by atoms with Gasteiger partial charge in [-0.3, -0.25) is 19.1 Å². The van der Waals surface area contributed by atoms with Crippen LogP contribution in [0.4, 0.5) is 10.1 Å². The van der Waals surface area contributed by atoms with Crippen LogP contribution in [-0.4, -0.2) is 80.9 Å². The molecule has 240 valence electrons. The molecule has 45 heavy (non-hydrogen) atoms. The number of carbonyl (C=O) groups excluding carboxylic acids is 1. The van der Waals surface area contributed by atoms with Gasteiger partial charge in [-0.2, -0.15) is 0 Å². The third kappa shape index (κ3) is 6.21. The van der Waals surface area contributed by atoms with Crippen molar-refractivity contribution in [2.75, 3.05) is 45.1 Å². The molecule has 10 nitrogen and oxygen atoms in total. The molecule has 3 N–H and O–H groups in total. The maximum Gasteiger partial charge on any atom is 0.280 e. The zero-order chi connectivity index (χ0) is 31.8. The summed E-state index contributed by atoms with van der Waals surface area (Å²) in [5.41, 5.74) is 5.28. The van der Waals surface area contributed by atoms with Crippen LogP contribution in [0.5, 0.6) is 11.6 Å². The maximum atomic E-state index is 14.1. The number of anilines is 1. The largest absolute Gasteiger partial charge is 0.437 e. The molecule has 4 heterocycles. The van der Waals surface area contributed by atoms with Crippen molar-refractivity contribution in [1.29, 1.82) is 0 Å². The van der Waals surface area contributed by atoms with Gasteiger partial charge in [-0.05, 0) is 61.6 Å². The molecule has 0 saturated carbocycles. The highest BCUT2D eigenvalue weighted by Crippen LogP contribution is 2.42. The lowest BCUT2D eigenvalue weighted by atomic mass is 9.75. The third-order valence-corrected chi connectivity index (χ3v) is 10.1. The van der Waals surface area contributed by atoms with Crippen LogP contribution in [0, 0.1) is 17.7 Å². The summed E-state index contributed by atoms with van der Waals surface area (Å²) in [6.07, 6.45) is 2.70. The molecule has 0 unspecified atom stereocenters. The zero-order valence-electron chi connectivity index (χ0n) is 25.9. The van der Waals surface area contributed by atoms with Crippen molar-refractivity contribution in [3.8, 4) is 11.6 Å². The van der Waals surface area contributed by atoms with Gasteiger partial charge in [-0.25, -0.2) is 9.37 Å². The first-order valence-corrected chi connectivity index (χ1v) is 15.8. The maximum absolute atomic E-state index is 14.1. The second-order valence-corrected chi connectivity index (χ2v) is 13.1. The van der Waals surface area contributed by atoms with E-state index < -0.39 is 17.0 Å². The number of rotatable bonds is 8. The number of amides is 1. The molecule has 1 amide bonds. The quantitative estimate of drug-likeness (QED) is 0.392. The average molecular weight is 620 g/mol. The predicted molar refractivity (Wildman–Crippen MR) is 167 cm³/mol. The number of piperidine rings is 2. The summed E-state index contributed by atoms with van der Waals surface area (Å²) >= 11 is 0. The van der Waals surface area contributed by atoms with Gasteiger partial charge in [0.2, 0.25) is 11.8 Å². The predicted octanol–water partition coefficient (Wildman–Crippen LogP) is 3.64. The number of aliphatic hydroxyl groups is 1. The first kappa shape index (κ1) is 31.2. The average Bonchev–Trinajstić information content (AvgIpc) is 3.01. The van der Waals surface area contributed by atoms with Crippen molar-refractivity contribution in [3.63, 3.8) is 0 Å². The van der Waals surface area contributed by atoms with Crippen molar-refractivity contribution in [2.24, 2.45) is 11.8 Å². The van der Waals surface area contributed by atoms with Crippen molar-refractivity contribution in [1.82, 2.24) is 19.4 Å². The highest BCUT2D eigenvalue weighted by Gasteiger charge is 2.50. The molecule has 2 aromatic carbocycles. The Kier molecular flexibility index (Phi) is 8.69. The van der Waals surface area contributed by atoms with Crippen LogP contribution in [0.3, 0.4) is 0 Å². The lowest BCUT2D eigenvalue weighted by Gasteiger charge is -2.56. The molecular weight excluding hydrogens is 577 g/mol. The molecule has 3 aromatic rings. The summed E-state index contributed by atoms with van der Waals surface area (Å²) < 4.78 is 25.8. The first-order valence-electron chi connectivity index (χ1n) is 15.8. The fourth-order valence-corrected chi connectivity index (χ4v) is 7.03. The molecule has 0 aliphatic carbocycles. The number of nitrogens with two attached hydrogens (primary N) is 1. The van der Waals surface area contributed by atoms with Gasteiger partial charge >= 0.3 is 0 Å². The number of hydrogen-bond acceptors (Lipinski definition) is 8. The number of benzene rings is 2. The molecule has 1 aromatic heterocycles. The van der Waals surface area contributed by atoms with Crippen molar-refractivity contribution in [2.45, 2.75) is 56.7 Å². The van der Waals surface area contributed by atoms with E-state index in [4.69, 9.17) is 15.2 Å². The van der Waals surface area contributed by atoms with Gasteiger partial charge in [0.15, 0.2) is 5.69 Å². The smallest absolute Gasteiger partial charge is 0.280 e. The van der Waals surface area contributed by atoms with Gasteiger partial charge in [0.05, 0.1) is 30.9 Å². The highest BCUT2D eigenvalue weighted by atomic mass is 19.1. The minimum Gasteiger partial charge on any atom is -0.437 e. The minimum atomic E-state index is -1.20. The SMILES string of the molecule is CC(C)C1(N2CC[C@@H](C(=O)N3CCC(O)(Cn4cnc(Oc5ccc(F)cc5)c(N)c4=O)CC3)[C@H](c3ccccc3)C2)COC1. The summed E-state index contributed by atoms with van der Waals surface area (Å²) in [6, 6.07) is 15.6. The summed E-state index contributed by atoms with van der Waals surface area (Å²) in [6.45, 7) is 8.38. The second-order valence-electron chi connectivity index (χ2n) is 13.1. The number of carbonyl (C=O) groups is 1.